The van der Waals surface area contributed by atoms with E-state index in [0.29, 0.717) is 17.8 Å². The largest absolute Gasteiger partial charge is 0.398 e. The summed E-state index contributed by atoms with van der Waals surface area (Å²) in [5.74, 6) is 0.780. The molecule has 1 aromatic carbocycles. The van der Waals surface area contributed by atoms with Gasteiger partial charge in [0.2, 0.25) is 0 Å². The predicted molar refractivity (Wildman–Crippen MR) is 69.3 cm³/mol. The van der Waals surface area contributed by atoms with Crippen LogP contribution in [0.3, 0.4) is 0 Å². The molecule has 0 spiro atoms. The van der Waals surface area contributed by atoms with Crippen LogP contribution in [-0.4, -0.2) is 24.5 Å². The maximum absolute atomic E-state index is 11.7. The fourth-order valence-corrected chi connectivity index (χ4v) is 1.75. The van der Waals surface area contributed by atoms with Crippen LogP contribution in [0.25, 0.3) is 0 Å². The lowest BCUT2D eigenvalue weighted by atomic mass is 10.2. The van der Waals surface area contributed by atoms with E-state index in [4.69, 9.17) is 5.73 Å². The van der Waals surface area contributed by atoms with Crippen molar-refractivity contribution in [3.63, 3.8) is 0 Å². The summed E-state index contributed by atoms with van der Waals surface area (Å²) in [5.41, 5.74) is 6.73. The third-order valence-electron chi connectivity index (χ3n) is 1.85. The van der Waals surface area contributed by atoms with E-state index >= 15 is 0 Å². The number of rotatable bonds is 4. The molecule has 3 nitrogen and oxygen atoms in total. The average molecular weight is 289 g/mol. The first-order valence-electron chi connectivity index (χ1n) is 4.47. The van der Waals surface area contributed by atoms with Crippen molar-refractivity contribution < 1.29 is 4.79 Å². The van der Waals surface area contributed by atoms with Crippen molar-refractivity contribution in [2.75, 3.05) is 24.3 Å². The van der Waals surface area contributed by atoms with E-state index in [1.54, 1.807) is 23.9 Å². The van der Waals surface area contributed by atoms with Crippen LogP contribution in [0.1, 0.15) is 10.4 Å². The highest BCUT2D eigenvalue weighted by Gasteiger charge is 2.08. The number of anilines is 1. The van der Waals surface area contributed by atoms with Crippen LogP contribution in [-0.2, 0) is 0 Å². The van der Waals surface area contributed by atoms with Crippen LogP contribution < -0.4 is 11.1 Å². The lowest BCUT2D eigenvalue weighted by Crippen LogP contribution is -2.26. The Bertz CT molecular complexity index is 357. The van der Waals surface area contributed by atoms with Gasteiger partial charge in [-0.3, -0.25) is 4.79 Å². The summed E-state index contributed by atoms with van der Waals surface area (Å²) in [6, 6.07) is 5.26. The van der Waals surface area contributed by atoms with E-state index in [2.05, 4.69) is 21.2 Å². The molecule has 15 heavy (non-hydrogen) atoms. The molecule has 3 N–H and O–H groups in total. The van der Waals surface area contributed by atoms with Crippen molar-refractivity contribution in [3.05, 3.63) is 28.2 Å². The Morgan fingerprint density at radius 1 is 1.60 bits per heavy atom. The number of thioether (sulfide) groups is 1. The first kappa shape index (κ1) is 12.4. The zero-order chi connectivity index (χ0) is 11.3. The van der Waals surface area contributed by atoms with Gasteiger partial charge in [0, 0.05) is 22.5 Å². The highest BCUT2D eigenvalue weighted by Crippen LogP contribution is 2.18. The Morgan fingerprint density at radius 3 is 3.00 bits per heavy atom. The second-order valence-electron chi connectivity index (χ2n) is 2.98. The molecular formula is C10H13BrN2OS. The SMILES string of the molecule is CSCCNC(=O)c1cc(Br)ccc1N. The van der Waals surface area contributed by atoms with E-state index in [-0.39, 0.29) is 5.91 Å². The molecular weight excluding hydrogens is 276 g/mol. The van der Waals surface area contributed by atoms with Gasteiger partial charge in [-0.2, -0.15) is 11.8 Å². The quantitative estimate of drug-likeness (QED) is 0.659. The van der Waals surface area contributed by atoms with Gasteiger partial charge >= 0.3 is 0 Å². The summed E-state index contributed by atoms with van der Waals surface area (Å²) in [7, 11) is 0. The third kappa shape index (κ3) is 3.76. The van der Waals surface area contributed by atoms with Crippen LogP contribution >= 0.6 is 27.7 Å². The minimum Gasteiger partial charge on any atom is -0.398 e. The number of nitrogen functional groups attached to an aromatic ring is 1. The molecule has 0 heterocycles. The maximum Gasteiger partial charge on any atom is 0.253 e. The zero-order valence-corrected chi connectivity index (χ0v) is 10.8. The van der Waals surface area contributed by atoms with Crippen molar-refractivity contribution in [2.45, 2.75) is 0 Å². The number of halogens is 1. The Labute approximate surface area is 102 Å². The lowest BCUT2D eigenvalue weighted by molar-refractivity contribution is 0.0957. The molecule has 0 aromatic heterocycles. The van der Waals surface area contributed by atoms with Crippen molar-refractivity contribution in [1.29, 1.82) is 0 Å². The summed E-state index contributed by atoms with van der Waals surface area (Å²) in [5, 5.41) is 2.81. The van der Waals surface area contributed by atoms with Crippen molar-refractivity contribution in [3.8, 4) is 0 Å². The molecule has 5 heteroatoms. The zero-order valence-electron chi connectivity index (χ0n) is 8.42. The molecule has 1 rings (SSSR count). The molecule has 1 aromatic rings. The monoisotopic (exact) mass is 288 g/mol. The number of nitrogens with one attached hydrogen (secondary N) is 1. The van der Waals surface area contributed by atoms with Gasteiger partial charge in [-0.25, -0.2) is 0 Å². The molecule has 0 saturated heterocycles. The van der Waals surface area contributed by atoms with Crippen LogP contribution in [0.2, 0.25) is 0 Å². The lowest BCUT2D eigenvalue weighted by Gasteiger charge is -2.07. The van der Waals surface area contributed by atoms with Gasteiger partial charge in [-0.15, -0.1) is 0 Å². The summed E-state index contributed by atoms with van der Waals surface area (Å²) in [4.78, 5) is 11.7. The van der Waals surface area contributed by atoms with Crippen LogP contribution in [0, 0.1) is 0 Å². The fraction of sp³-hybridized carbons (Fsp3) is 0.300. The number of nitrogens with two attached hydrogens (primary N) is 1. The normalized spacial score (nSPS) is 10.0. The van der Waals surface area contributed by atoms with Gasteiger partial charge in [-0.1, -0.05) is 15.9 Å². The van der Waals surface area contributed by atoms with E-state index in [1.807, 2.05) is 12.3 Å². The molecule has 0 bridgehead atoms. The van der Waals surface area contributed by atoms with Gasteiger partial charge in [-0.05, 0) is 24.5 Å². The predicted octanol–water partition coefficient (Wildman–Crippen LogP) is 2.12. The summed E-state index contributed by atoms with van der Waals surface area (Å²) in [6.45, 7) is 0.659. The Kier molecular flexibility index (Phi) is 4.98. The smallest absolute Gasteiger partial charge is 0.253 e. The standard InChI is InChI=1S/C10H13BrN2OS/c1-15-5-4-13-10(14)8-6-7(11)2-3-9(8)12/h2-3,6H,4-5,12H2,1H3,(H,13,14). The number of amides is 1. The molecule has 1 amide bonds. The molecule has 0 fully saturated rings. The molecule has 82 valence electrons. The molecule has 0 atom stereocenters. The van der Waals surface area contributed by atoms with Gasteiger partial charge < -0.3 is 11.1 Å². The van der Waals surface area contributed by atoms with Gasteiger partial charge in [0.15, 0.2) is 0 Å². The highest BCUT2D eigenvalue weighted by molar-refractivity contribution is 9.10. The Hall–Kier alpha value is -0.680. The summed E-state index contributed by atoms with van der Waals surface area (Å²) in [6.07, 6.45) is 2.00. The van der Waals surface area contributed by atoms with Crippen LogP contribution in [0.4, 0.5) is 5.69 Å². The van der Waals surface area contributed by atoms with Gasteiger partial charge in [0.25, 0.3) is 5.91 Å². The second-order valence-corrected chi connectivity index (χ2v) is 4.88. The van der Waals surface area contributed by atoms with E-state index in [1.165, 1.54) is 0 Å². The van der Waals surface area contributed by atoms with Crippen molar-refractivity contribution >= 4 is 39.3 Å². The van der Waals surface area contributed by atoms with Crippen molar-refractivity contribution in [1.82, 2.24) is 5.32 Å². The van der Waals surface area contributed by atoms with Crippen LogP contribution in [0.15, 0.2) is 22.7 Å². The summed E-state index contributed by atoms with van der Waals surface area (Å²) < 4.78 is 0.853. The highest BCUT2D eigenvalue weighted by atomic mass is 79.9. The summed E-state index contributed by atoms with van der Waals surface area (Å²) >= 11 is 5.00. The third-order valence-corrected chi connectivity index (χ3v) is 2.96. The van der Waals surface area contributed by atoms with E-state index in [9.17, 15) is 4.79 Å². The number of carbonyl (C=O) groups excluding carboxylic acids is 1. The number of benzene rings is 1. The average Bonchev–Trinajstić information content (AvgIpc) is 2.22. The van der Waals surface area contributed by atoms with Crippen LogP contribution in [0.5, 0.6) is 0 Å². The number of hydrogen-bond acceptors (Lipinski definition) is 3. The molecule has 0 aliphatic carbocycles. The van der Waals surface area contributed by atoms with E-state index < -0.39 is 0 Å². The second kappa shape index (κ2) is 6.02. The minimum absolute atomic E-state index is 0.122. The first-order valence-corrected chi connectivity index (χ1v) is 6.66. The Morgan fingerprint density at radius 2 is 2.33 bits per heavy atom. The molecule has 0 saturated carbocycles. The Balaban J connectivity index is 2.68. The number of carbonyl (C=O) groups is 1. The molecule has 0 unspecified atom stereocenters. The van der Waals surface area contributed by atoms with Gasteiger partial charge in [0.05, 0.1) is 5.56 Å². The molecule has 0 radical (unpaired) electrons. The van der Waals surface area contributed by atoms with Crippen molar-refractivity contribution in [2.24, 2.45) is 0 Å². The van der Waals surface area contributed by atoms with Gasteiger partial charge in [0.1, 0.15) is 0 Å². The minimum atomic E-state index is -0.122. The van der Waals surface area contributed by atoms with E-state index in [0.717, 1.165) is 10.2 Å². The molecule has 0 aliphatic heterocycles. The first-order chi connectivity index (χ1) is 7.15. The fourth-order valence-electron chi connectivity index (χ4n) is 1.09. The maximum atomic E-state index is 11.7. The number of hydrogen-bond donors (Lipinski definition) is 2. The topological polar surface area (TPSA) is 55.1 Å². The molecule has 0 aliphatic rings.